The predicted molar refractivity (Wildman–Crippen MR) is 99.9 cm³/mol. The molecular weight excluding hydrogens is 350 g/mol. The van der Waals surface area contributed by atoms with E-state index in [4.69, 9.17) is 0 Å². The van der Waals surface area contributed by atoms with Gasteiger partial charge in [-0.2, -0.15) is 0 Å². The molecular formula is C21H24F2N2O2. The van der Waals surface area contributed by atoms with Crippen molar-refractivity contribution in [1.29, 1.82) is 0 Å². The lowest BCUT2D eigenvalue weighted by Gasteiger charge is -2.17. The molecule has 0 radical (unpaired) electrons. The van der Waals surface area contributed by atoms with E-state index < -0.39 is 17.3 Å². The third kappa shape index (κ3) is 4.62. The Morgan fingerprint density at radius 2 is 1.74 bits per heavy atom. The average Bonchev–Trinajstić information content (AvgIpc) is 2.92. The van der Waals surface area contributed by atoms with Gasteiger partial charge in [-0.05, 0) is 43.5 Å². The molecule has 3 rings (SSSR count). The first-order valence-electron chi connectivity index (χ1n) is 9.41. The van der Waals surface area contributed by atoms with Crippen LogP contribution < -0.4 is 10.9 Å². The van der Waals surface area contributed by atoms with Crippen LogP contribution in [0.3, 0.4) is 0 Å². The summed E-state index contributed by atoms with van der Waals surface area (Å²) in [7, 11) is 0. The van der Waals surface area contributed by atoms with Crippen LogP contribution in [0.4, 0.5) is 8.78 Å². The van der Waals surface area contributed by atoms with Crippen LogP contribution in [0, 0.1) is 18.6 Å². The van der Waals surface area contributed by atoms with Crippen molar-refractivity contribution >= 4 is 5.91 Å². The number of rotatable bonds is 4. The molecule has 1 heterocycles. The molecule has 0 atom stereocenters. The molecule has 1 aromatic carbocycles. The topological polar surface area (TPSA) is 51.1 Å². The summed E-state index contributed by atoms with van der Waals surface area (Å²) >= 11 is 0. The number of nitrogens with one attached hydrogen (secondary N) is 1. The van der Waals surface area contributed by atoms with Gasteiger partial charge in [0.1, 0.15) is 17.2 Å². The largest absolute Gasteiger partial charge is 0.349 e. The van der Waals surface area contributed by atoms with Gasteiger partial charge in [0.25, 0.3) is 11.5 Å². The Kier molecular flexibility index (Phi) is 6.04. The molecule has 1 saturated carbocycles. The van der Waals surface area contributed by atoms with Crippen LogP contribution in [0.15, 0.2) is 35.1 Å². The van der Waals surface area contributed by atoms with Crippen molar-refractivity contribution in [2.75, 3.05) is 0 Å². The van der Waals surface area contributed by atoms with Crippen LogP contribution in [-0.4, -0.2) is 16.5 Å². The lowest BCUT2D eigenvalue weighted by molar-refractivity contribution is 0.0930. The number of pyridine rings is 1. The second-order valence-corrected chi connectivity index (χ2v) is 7.17. The molecule has 2 aromatic rings. The van der Waals surface area contributed by atoms with E-state index in [9.17, 15) is 18.4 Å². The summed E-state index contributed by atoms with van der Waals surface area (Å²) in [6.07, 6.45) is 6.14. The number of halogens is 2. The highest BCUT2D eigenvalue weighted by Gasteiger charge is 2.21. The summed E-state index contributed by atoms with van der Waals surface area (Å²) < 4.78 is 28.7. The van der Waals surface area contributed by atoms with E-state index >= 15 is 0 Å². The fourth-order valence-electron chi connectivity index (χ4n) is 3.53. The van der Waals surface area contributed by atoms with Crippen LogP contribution in [0.25, 0.3) is 0 Å². The highest BCUT2D eigenvalue weighted by atomic mass is 19.1. The van der Waals surface area contributed by atoms with Crippen molar-refractivity contribution < 1.29 is 13.6 Å². The van der Waals surface area contributed by atoms with E-state index in [1.165, 1.54) is 35.8 Å². The van der Waals surface area contributed by atoms with Gasteiger partial charge in [0, 0.05) is 6.04 Å². The number of hydrogen-bond donors (Lipinski definition) is 1. The Bertz CT molecular complexity index is 867. The van der Waals surface area contributed by atoms with Crippen LogP contribution in [0.5, 0.6) is 0 Å². The molecule has 1 fully saturated rings. The Balaban J connectivity index is 1.87. The van der Waals surface area contributed by atoms with Crippen LogP contribution >= 0.6 is 0 Å². The van der Waals surface area contributed by atoms with Crippen molar-refractivity contribution in [3.63, 3.8) is 0 Å². The Hall–Kier alpha value is -2.50. The molecule has 144 valence electrons. The SMILES string of the molecule is Cc1c(F)cc(C(=O)NC2CCCCCC2)c(=O)n1Cc1ccc(F)cc1. The van der Waals surface area contributed by atoms with Crippen molar-refractivity contribution in [2.45, 2.75) is 58.0 Å². The van der Waals surface area contributed by atoms with Gasteiger partial charge in [0.15, 0.2) is 0 Å². The standard InChI is InChI=1S/C21H24F2N2O2/c1-14-19(23)12-18(20(26)24-17-6-4-2-3-5-7-17)21(27)25(14)13-15-8-10-16(22)11-9-15/h8-12,17H,2-7,13H2,1H3,(H,24,26). The number of carbonyl (C=O) groups excluding carboxylic acids is 1. The summed E-state index contributed by atoms with van der Waals surface area (Å²) in [5.74, 6) is -1.52. The normalized spacial score (nSPS) is 15.4. The van der Waals surface area contributed by atoms with Gasteiger partial charge >= 0.3 is 0 Å². The van der Waals surface area contributed by atoms with Crippen molar-refractivity contribution in [2.24, 2.45) is 0 Å². The van der Waals surface area contributed by atoms with E-state index in [-0.39, 0.29) is 29.7 Å². The summed E-state index contributed by atoms with van der Waals surface area (Å²) in [6.45, 7) is 1.57. The minimum absolute atomic E-state index is 0.0225. The first kappa shape index (κ1) is 19.3. The van der Waals surface area contributed by atoms with Gasteiger partial charge in [0.05, 0.1) is 12.2 Å². The smallest absolute Gasteiger partial charge is 0.264 e. The lowest BCUT2D eigenvalue weighted by atomic mass is 10.1. The molecule has 6 heteroatoms. The molecule has 0 saturated heterocycles. The van der Waals surface area contributed by atoms with E-state index in [2.05, 4.69) is 5.32 Å². The number of benzene rings is 1. The predicted octanol–water partition coefficient (Wildman–Crippen LogP) is 3.94. The van der Waals surface area contributed by atoms with E-state index in [0.717, 1.165) is 44.6 Å². The molecule has 0 spiro atoms. The molecule has 1 aromatic heterocycles. The fourth-order valence-corrected chi connectivity index (χ4v) is 3.53. The maximum Gasteiger partial charge on any atom is 0.264 e. The minimum atomic E-state index is -0.609. The Morgan fingerprint density at radius 1 is 1.11 bits per heavy atom. The maximum absolute atomic E-state index is 14.4. The maximum atomic E-state index is 14.4. The molecule has 1 aliphatic rings. The quantitative estimate of drug-likeness (QED) is 0.825. The van der Waals surface area contributed by atoms with E-state index in [1.807, 2.05) is 0 Å². The van der Waals surface area contributed by atoms with E-state index in [1.54, 1.807) is 0 Å². The number of amides is 1. The number of nitrogens with zero attached hydrogens (tertiary/aromatic N) is 1. The third-order valence-corrected chi connectivity index (χ3v) is 5.19. The third-order valence-electron chi connectivity index (χ3n) is 5.19. The van der Waals surface area contributed by atoms with Crippen molar-refractivity contribution in [1.82, 2.24) is 9.88 Å². The summed E-state index contributed by atoms with van der Waals surface area (Å²) in [4.78, 5) is 25.4. The number of hydrogen-bond acceptors (Lipinski definition) is 2. The second-order valence-electron chi connectivity index (χ2n) is 7.17. The van der Waals surface area contributed by atoms with Gasteiger partial charge in [-0.1, -0.05) is 37.8 Å². The molecule has 4 nitrogen and oxygen atoms in total. The molecule has 0 aliphatic heterocycles. The zero-order valence-corrected chi connectivity index (χ0v) is 15.4. The summed E-state index contributed by atoms with van der Waals surface area (Å²) in [5, 5.41) is 2.89. The van der Waals surface area contributed by atoms with Crippen LogP contribution in [0.2, 0.25) is 0 Å². The molecule has 0 unspecified atom stereocenters. The van der Waals surface area contributed by atoms with Gasteiger partial charge in [-0.15, -0.1) is 0 Å². The van der Waals surface area contributed by atoms with Crippen molar-refractivity contribution in [3.05, 3.63) is 69.1 Å². The van der Waals surface area contributed by atoms with Gasteiger partial charge in [0.2, 0.25) is 0 Å². The first-order valence-corrected chi connectivity index (χ1v) is 9.41. The number of carbonyl (C=O) groups is 1. The van der Waals surface area contributed by atoms with Crippen LogP contribution in [0.1, 0.15) is 60.1 Å². The van der Waals surface area contributed by atoms with Gasteiger partial charge < -0.3 is 9.88 Å². The van der Waals surface area contributed by atoms with Crippen molar-refractivity contribution in [3.8, 4) is 0 Å². The molecule has 1 amide bonds. The highest BCUT2D eigenvalue weighted by Crippen LogP contribution is 2.18. The van der Waals surface area contributed by atoms with Gasteiger partial charge in [-0.3, -0.25) is 9.59 Å². The summed E-state index contributed by atoms with van der Waals surface area (Å²) in [5.41, 5.74) is 0.0754. The monoisotopic (exact) mass is 374 g/mol. The Labute approximate surface area is 157 Å². The van der Waals surface area contributed by atoms with Crippen LogP contribution in [-0.2, 0) is 6.54 Å². The first-order chi connectivity index (χ1) is 13.0. The number of aromatic nitrogens is 1. The highest BCUT2D eigenvalue weighted by molar-refractivity contribution is 5.94. The average molecular weight is 374 g/mol. The second kappa shape index (κ2) is 8.46. The zero-order chi connectivity index (χ0) is 19.4. The lowest BCUT2D eigenvalue weighted by Crippen LogP contribution is -2.39. The molecule has 1 aliphatic carbocycles. The molecule has 0 bridgehead atoms. The molecule has 27 heavy (non-hydrogen) atoms. The Morgan fingerprint density at radius 3 is 2.37 bits per heavy atom. The minimum Gasteiger partial charge on any atom is -0.349 e. The molecule has 1 N–H and O–H groups in total. The zero-order valence-electron chi connectivity index (χ0n) is 15.4. The van der Waals surface area contributed by atoms with Gasteiger partial charge in [-0.25, -0.2) is 8.78 Å². The van der Waals surface area contributed by atoms with E-state index in [0.29, 0.717) is 5.56 Å². The fraction of sp³-hybridized carbons (Fsp3) is 0.429. The summed E-state index contributed by atoms with van der Waals surface area (Å²) in [6, 6.07) is 6.69.